The van der Waals surface area contributed by atoms with Crippen molar-refractivity contribution in [3.63, 3.8) is 0 Å². The molecule has 2 saturated heterocycles. The summed E-state index contributed by atoms with van der Waals surface area (Å²) in [6.45, 7) is 7.97. The molecule has 0 aromatic heterocycles. The third kappa shape index (κ3) is 3.57. The second-order valence-electron chi connectivity index (χ2n) is 7.29. The van der Waals surface area contributed by atoms with Gasteiger partial charge in [-0.05, 0) is 57.9 Å². The molecule has 2 aliphatic rings. The summed E-state index contributed by atoms with van der Waals surface area (Å²) in [7, 11) is 0. The fourth-order valence-electron chi connectivity index (χ4n) is 3.46. The molecular formula is C16H28N2O3. The average molecular weight is 296 g/mol. The molecule has 3 atom stereocenters. The Hall–Kier alpha value is -1.10. The summed E-state index contributed by atoms with van der Waals surface area (Å²) >= 11 is 0. The van der Waals surface area contributed by atoms with Crippen LogP contribution in [0.25, 0.3) is 0 Å². The molecule has 0 bridgehead atoms. The number of amides is 1. The number of hydrogen-bond donors (Lipinski definition) is 2. The van der Waals surface area contributed by atoms with Crippen molar-refractivity contribution in [2.45, 2.75) is 52.5 Å². The number of piperidine rings is 2. The standard InChI is InChI=1S/C16H28N2O3/c1-11-6-7-17-13(9-11)14(19)18-8-4-5-12(10-18)16(2,3)15(20)21/h11-13,17H,4-10H2,1-3H3,(H,20,21). The molecule has 120 valence electrons. The summed E-state index contributed by atoms with van der Waals surface area (Å²) in [5, 5.41) is 12.7. The number of carboxylic acid groups (broad SMARTS) is 1. The quantitative estimate of drug-likeness (QED) is 0.832. The van der Waals surface area contributed by atoms with Gasteiger partial charge in [-0.3, -0.25) is 9.59 Å². The van der Waals surface area contributed by atoms with E-state index in [9.17, 15) is 14.7 Å². The minimum atomic E-state index is -0.772. The number of likely N-dealkylation sites (tertiary alicyclic amines) is 1. The van der Waals surface area contributed by atoms with E-state index >= 15 is 0 Å². The molecule has 0 aromatic rings. The van der Waals surface area contributed by atoms with E-state index in [1.54, 1.807) is 13.8 Å². The van der Waals surface area contributed by atoms with Crippen molar-refractivity contribution in [3.05, 3.63) is 0 Å². The Morgan fingerprint density at radius 2 is 2.00 bits per heavy atom. The molecular weight excluding hydrogens is 268 g/mol. The van der Waals surface area contributed by atoms with Gasteiger partial charge in [0, 0.05) is 13.1 Å². The topological polar surface area (TPSA) is 69.6 Å². The molecule has 5 heteroatoms. The summed E-state index contributed by atoms with van der Waals surface area (Å²) in [5.74, 6) is 0.00335. The van der Waals surface area contributed by atoms with E-state index in [-0.39, 0.29) is 17.9 Å². The molecule has 1 amide bonds. The van der Waals surface area contributed by atoms with Gasteiger partial charge in [-0.1, -0.05) is 6.92 Å². The SMILES string of the molecule is CC1CCNC(C(=O)N2CCCC(C(C)(C)C(=O)O)C2)C1. The number of carbonyl (C=O) groups is 2. The first-order valence-electron chi connectivity index (χ1n) is 8.08. The Kier molecular flexibility index (Phi) is 4.91. The second-order valence-corrected chi connectivity index (χ2v) is 7.29. The first kappa shape index (κ1) is 16.3. The average Bonchev–Trinajstić information content (AvgIpc) is 2.46. The molecule has 3 unspecified atom stereocenters. The van der Waals surface area contributed by atoms with Crippen LogP contribution in [0, 0.1) is 17.3 Å². The predicted molar refractivity (Wildman–Crippen MR) is 80.9 cm³/mol. The lowest BCUT2D eigenvalue weighted by Gasteiger charge is -2.41. The lowest BCUT2D eigenvalue weighted by Crippen LogP contribution is -2.54. The highest BCUT2D eigenvalue weighted by Crippen LogP contribution is 2.34. The van der Waals surface area contributed by atoms with E-state index in [2.05, 4.69) is 12.2 Å². The van der Waals surface area contributed by atoms with Crippen LogP contribution in [-0.4, -0.2) is 47.6 Å². The first-order valence-corrected chi connectivity index (χ1v) is 8.08. The third-order valence-electron chi connectivity index (χ3n) is 5.27. The molecule has 2 N–H and O–H groups in total. The Morgan fingerprint density at radius 1 is 1.29 bits per heavy atom. The Bertz CT molecular complexity index is 408. The van der Waals surface area contributed by atoms with Crippen LogP contribution in [0.5, 0.6) is 0 Å². The van der Waals surface area contributed by atoms with Crippen LogP contribution in [0.2, 0.25) is 0 Å². The Morgan fingerprint density at radius 3 is 2.62 bits per heavy atom. The van der Waals surface area contributed by atoms with E-state index in [4.69, 9.17) is 0 Å². The lowest BCUT2D eigenvalue weighted by atomic mass is 9.74. The summed E-state index contributed by atoms with van der Waals surface area (Å²) in [4.78, 5) is 26.0. The van der Waals surface area contributed by atoms with Gasteiger partial charge < -0.3 is 15.3 Å². The van der Waals surface area contributed by atoms with Crippen LogP contribution >= 0.6 is 0 Å². The van der Waals surface area contributed by atoms with Gasteiger partial charge in [0.05, 0.1) is 11.5 Å². The number of hydrogen-bond acceptors (Lipinski definition) is 3. The summed E-state index contributed by atoms with van der Waals surface area (Å²) in [6, 6.07) is -0.0829. The van der Waals surface area contributed by atoms with Gasteiger partial charge in [0.15, 0.2) is 0 Å². The number of aliphatic carboxylic acids is 1. The molecule has 21 heavy (non-hydrogen) atoms. The van der Waals surface area contributed by atoms with Gasteiger partial charge in [-0.25, -0.2) is 0 Å². The van der Waals surface area contributed by atoms with Crippen molar-refractivity contribution in [2.75, 3.05) is 19.6 Å². The smallest absolute Gasteiger partial charge is 0.309 e. The van der Waals surface area contributed by atoms with Crippen LogP contribution in [-0.2, 0) is 9.59 Å². The molecule has 0 spiro atoms. The van der Waals surface area contributed by atoms with Crippen LogP contribution in [0.4, 0.5) is 0 Å². The molecule has 0 radical (unpaired) electrons. The molecule has 2 fully saturated rings. The number of nitrogens with one attached hydrogen (secondary N) is 1. The highest BCUT2D eigenvalue weighted by atomic mass is 16.4. The van der Waals surface area contributed by atoms with Gasteiger partial charge in [0.2, 0.25) is 5.91 Å². The molecule has 2 rings (SSSR count). The Balaban J connectivity index is 2.00. The monoisotopic (exact) mass is 296 g/mol. The largest absolute Gasteiger partial charge is 0.481 e. The van der Waals surface area contributed by atoms with E-state index in [0.717, 1.165) is 38.8 Å². The van der Waals surface area contributed by atoms with E-state index < -0.39 is 11.4 Å². The van der Waals surface area contributed by atoms with Crippen LogP contribution in [0.1, 0.15) is 46.5 Å². The minimum Gasteiger partial charge on any atom is -0.481 e. The zero-order valence-electron chi connectivity index (χ0n) is 13.4. The van der Waals surface area contributed by atoms with Gasteiger partial charge in [0.1, 0.15) is 0 Å². The summed E-state index contributed by atoms with van der Waals surface area (Å²) in [5.41, 5.74) is -0.772. The van der Waals surface area contributed by atoms with Crippen molar-refractivity contribution in [1.82, 2.24) is 10.2 Å². The number of carboxylic acids is 1. The van der Waals surface area contributed by atoms with E-state index in [0.29, 0.717) is 12.5 Å². The molecule has 2 aliphatic heterocycles. The van der Waals surface area contributed by atoms with Gasteiger partial charge in [0.25, 0.3) is 0 Å². The molecule has 0 aromatic carbocycles. The third-order valence-corrected chi connectivity index (χ3v) is 5.27. The molecule has 5 nitrogen and oxygen atoms in total. The molecule has 2 heterocycles. The van der Waals surface area contributed by atoms with Gasteiger partial charge in [-0.2, -0.15) is 0 Å². The highest BCUT2D eigenvalue weighted by molar-refractivity contribution is 5.82. The van der Waals surface area contributed by atoms with E-state index in [1.807, 2.05) is 4.90 Å². The number of nitrogens with zero attached hydrogens (tertiary/aromatic N) is 1. The molecule has 0 aliphatic carbocycles. The van der Waals surface area contributed by atoms with Crippen molar-refractivity contribution in [3.8, 4) is 0 Å². The van der Waals surface area contributed by atoms with Crippen molar-refractivity contribution in [1.29, 1.82) is 0 Å². The first-order chi connectivity index (χ1) is 9.82. The maximum absolute atomic E-state index is 12.7. The van der Waals surface area contributed by atoms with Crippen molar-refractivity contribution >= 4 is 11.9 Å². The van der Waals surface area contributed by atoms with Gasteiger partial charge >= 0.3 is 5.97 Å². The van der Waals surface area contributed by atoms with Crippen LogP contribution < -0.4 is 5.32 Å². The number of carbonyl (C=O) groups excluding carboxylic acids is 1. The molecule has 0 saturated carbocycles. The highest BCUT2D eigenvalue weighted by Gasteiger charge is 2.41. The summed E-state index contributed by atoms with van der Waals surface area (Å²) < 4.78 is 0. The van der Waals surface area contributed by atoms with Crippen LogP contribution in [0.3, 0.4) is 0 Å². The Labute approximate surface area is 127 Å². The fraction of sp³-hybridized carbons (Fsp3) is 0.875. The minimum absolute atomic E-state index is 0.0358. The second kappa shape index (κ2) is 6.34. The van der Waals surface area contributed by atoms with Gasteiger partial charge in [-0.15, -0.1) is 0 Å². The van der Waals surface area contributed by atoms with Crippen molar-refractivity contribution in [2.24, 2.45) is 17.3 Å². The number of rotatable bonds is 3. The lowest BCUT2D eigenvalue weighted by molar-refractivity contribution is -0.153. The van der Waals surface area contributed by atoms with Crippen LogP contribution in [0.15, 0.2) is 0 Å². The van der Waals surface area contributed by atoms with E-state index in [1.165, 1.54) is 0 Å². The normalized spacial score (nSPS) is 31.0. The zero-order valence-corrected chi connectivity index (χ0v) is 13.4. The summed E-state index contributed by atoms with van der Waals surface area (Å²) in [6.07, 6.45) is 3.80. The zero-order chi connectivity index (χ0) is 15.6. The maximum atomic E-state index is 12.7. The fourth-order valence-corrected chi connectivity index (χ4v) is 3.46. The van der Waals surface area contributed by atoms with Crippen molar-refractivity contribution < 1.29 is 14.7 Å². The maximum Gasteiger partial charge on any atom is 0.309 e. The predicted octanol–water partition coefficient (Wildman–Crippen LogP) is 1.72.